The molecule has 0 aliphatic heterocycles. The minimum atomic E-state index is 0.300. The summed E-state index contributed by atoms with van der Waals surface area (Å²) in [7, 11) is 0. The second-order valence-electron chi connectivity index (χ2n) is 3.34. The summed E-state index contributed by atoms with van der Waals surface area (Å²) >= 11 is 5.73. The van der Waals surface area contributed by atoms with Crippen LogP contribution in [0.3, 0.4) is 0 Å². The first-order valence-electron chi connectivity index (χ1n) is 4.74. The van der Waals surface area contributed by atoms with Gasteiger partial charge in [0.1, 0.15) is 0 Å². The van der Waals surface area contributed by atoms with Crippen molar-refractivity contribution in [1.82, 2.24) is 9.97 Å². The summed E-state index contributed by atoms with van der Waals surface area (Å²) in [6.45, 7) is 7.37. The average molecular weight is 215 g/mol. The smallest absolute Gasteiger partial charge is 0.222 e. The molecular weight excluding hydrogens is 200 g/mol. The molecule has 0 spiro atoms. The first-order valence-corrected chi connectivity index (χ1v) is 5.12. The van der Waals surface area contributed by atoms with Crippen molar-refractivity contribution >= 4 is 11.6 Å². The van der Waals surface area contributed by atoms with Gasteiger partial charge in [-0.15, -0.1) is 0 Å². The van der Waals surface area contributed by atoms with Crippen LogP contribution in [0, 0.1) is 0 Å². The van der Waals surface area contributed by atoms with Crippen LogP contribution in [0.1, 0.15) is 37.9 Å². The van der Waals surface area contributed by atoms with E-state index in [2.05, 4.69) is 23.8 Å². The van der Waals surface area contributed by atoms with Crippen molar-refractivity contribution in [3.05, 3.63) is 22.7 Å². The van der Waals surface area contributed by atoms with Gasteiger partial charge in [0.2, 0.25) is 5.28 Å². The zero-order valence-corrected chi connectivity index (χ0v) is 9.51. The van der Waals surface area contributed by atoms with Gasteiger partial charge in [0, 0.05) is 18.4 Å². The van der Waals surface area contributed by atoms with Crippen molar-refractivity contribution in [1.29, 1.82) is 0 Å². The number of rotatable bonds is 4. The van der Waals surface area contributed by atoms with E-state index in [-0.39, 0.29) is 0 Å². The van der Waals surface area contributed by atoms with Gasteiger partial charge in [0.05, 0.1) is 12.3 Å². The number of nitrogens with zero attached hydrogens (tertiary/aromatic N) is 2. The Kier molecular flexibility index (Phi) is 4.29. The van der Waals surface area contributed by atoms with Gasteiger partial charge in [-0.1, -0.05) is 13.8 Å². The number of aromatic nitrogens is 2. The Morgan fingerprint density at radius 1 is 1.50 bits per heavy atom. The minimum absolute atomic E-state index is 0.300. The molecule has 0 unspecified atom stereocenters. The highest BCUT2D eigenvalue weighted by Gasteiger charge is 2.09. The molecule has 0 saturated heterocycles. The lowest BCUT2D eigenvalue weighted by atomic mass is 10.1. The molecule has 1 heterocycles. The van der Waals surface area contributed by atoms with Crippen LogP contribution < -0.4 is 0 Å². The van der Waals surface area contributed by atoms with E-state index in [1.165, 1.54) is 0 Å². The standard InChI is InChI=1S/C10H15ClN2O/c1-4-14-6-8-5-12-10(11)13-9(8)7(2)3/h5,7H,4,6H2,1-3H3. The highest BCUT2D eigenvalue weighted by molar-refractivity contribution is 6.28. The summed E-state index contributed by atoms with van der Waals surface area (Å²) in [6, 6.07) is 0. The van der Waals surface area contributed by atoms with Crippen LogP contribution in [0.25, 0.3) is 0 Å². The van der Waals surface area contributed by atoms with Gasteiger partial charge in [0.15, 0.2) is 0 Å². The number of hydrogen-bond acceptors (Lipinski definition) is 3. The third-order valence-electron chi connectivity index (χ3n) is 1.88. The second-order valence-corrected chi connectivity index (χ2v) is 3.68. The molecule has 0 saturated carbocycles. The van der Waals surface area contributed by atoms with E-state index in [4.69, 9.17) is 16.3 Å². The van der Waals surface area contributed by atoms with Crippen molar-refractivity contribution in [3.63, 3.8) is 0 Å². The van der Waals surface area contributed by atoms with E-state index in [1.807, 2.05) is 6.92 Å². The summed E-state index contributed by atoms with van der Waals surface area (Å²) in [4.78, 5) is 8.15. The summed E-state index contributed by atoms with van der Waals surface area (Å²) in [5.41, 5.74) is 1.99. The maximum atomic E-state index is 5.73. The van der Waals surface area contributed by atoms with Gasteiger partial charge in [-0.05, 0) is 24.4 Å². The Hall–Kier alpha value is -0.670. The Morgan fingerprint density at radius 3 is 2.79 bits per heavy atom. The second kappa shape index (κ2) is 5.27. The molecule has 14 heavy (non-hydrogen) atoms. The van der Waals surface area contributed by atoms with Crippen LogP contribution in [0.5, 0.6) is 0 Å². The van der Waals surface area contributed by atoms with Gasteiger partial charge in [-0.25, -0.2) is 9.97 Å². The first-order chi connectivity index (χ1) is 6.65. The fourth-order valence-corrected chi connectivity index (χ4v) is 1.36. The molecule has 0 aliphatic rings. The molecule has 4 heteroatoms. The van der Waals surface area contributed by atoms with Crippen molar-refractivity contribution in [2.45, 2.75) is 33.3 Å². The molecule has 0 radical (unpaired) electrons. The van der Waals surface area contributed by atoms with Crippen LogP contribution in [0.15, 0.2) is 6.20 Å². The summed E-state index contributed by atoms with van der Waals surface area (Å²) in [5, 5.41) is 0.300. The molecule has 1 aromatic rings. The Bertz CT molecular complexity index is 302. The third-order valence-corrected chi connectivity index (χ3v) is 2.06. The lowest BCUT2D eigenvalue weighted by Crippen LogP contribution is -2.04. The van der Waals surface area contributed by atoms with E-state index in [9.17, 15) is 0 Å². The molecule has 0 N–H and O–H groups in total. The molecule has 1 rings (SSSR count). The molecule has 0 amide bonds. The van der Waals surface area contributed by atoms with Gasteiger partial charge in [-0.2, -0.15) is 0 Å². The summed E-state index contributed by atoms with van der Waals surface area (Å²) in [6.07, 6.45) is 1.74. The SMILES string of the molecule is CCOCc1cnc(Cl)nc1C(C)C. The molecule has 0 aliphatic carbocycles. The van der Waals surface area contributed by atoms with E-state index in [0.717, 1.165) is 11.3 Å². The highest BCUT2D eigenvalue weighted by atomic mass is 35.5. The molecule has 0 atom stereocenters. The van der Waals surface area contributed by atoms with Crippen molar-refractivity contribution < 1.29 is 4.74 Å². The fraction of sp³-hybridized carbons (Fsp3) is 0.600. The van der Waals surface area contributed by atoms with Gasteiger partial charge in [0.25, 0.3) is 0 Å². The molecule has 3 nitrogen and oxygen atoms in total. The van der Waals surface area contributed by atoms with E-state index in [0.29, 0.717) is 24.4 Å². The molecular formula is C10H15ClN2O. The van der Waals surface area contributed by atoms with E-state index >= 15 is 0 Å². The van der Waals surface area contributed by atoms with Crippen LogP contribution in [-0.4, -0.2) is 16.6 Å². The molecule has 0 aromatic carbocycles. The third kappa shape index (κ3) is 2.93. The summed E-state index contributed by atoms with van der Waals surface area (Å²) < 4.78 is 5.33. The number of hydrogen-bond donors (Lipinski definition) is 0. The number of halogens is 1. The van der Waals surface area contributed by atoms with E-state index < -0.39 is 0 Å². The molecule has 0 fully saturated rings. The predicted molar refractivity (Wildman–Crippen MR) is 56.5 cm³/mol. The first kappa shape index (κ1) is 11.4. The van der Waals surface area contributed by atoms with Crippen LogP contribution in [-0.2, 0) is 11.3 Å². The maximum Gasteiger partial charge on any atom is 0.222 e. The van der Waals surface area contributed by atoms with E-state index in [1.54, 1.807) is 6.20 Å². The van der Waals surface area contributed by atoms with Crippen LogP contribution in [0.4, 0.5) is 0 Å². The average Bonchev–Trinajstić information content (AvgIpc) is 2.15. The van der Waals surface area contributed by atoms with Gasteiger partial charge in [-0.3, -0.25) is 0 Å². The fourth-order valence-electron chi connectivity index (χ4n) is 1.22. The Labute approximate surface area is 89.5 Å². The normalized spacial score (nSPS) is 10.9. The van der Waals surface area contributed by atoms with Crippen molar-refractivity contribution in [2.24, 2.45) is 0 Å². The molecule has 0 bridgehead atoms. The lowest BCUT2D eigenvalue weighted by Gasteiger charge is -2.10. The maximum absolute atomic E-state index is 5.73. The van der Waals surface area contributed by atoms with Crippen molar-refractivity contribution in [3.8, 4) is 0 Å². The van der Waals surface area contributed by atoms with Crippen LogP contribution >= 0.6 is 11.6 Å². The highest BCUT2D eigenvalue weighted by Crippen LogP contribution is 2.18. The lowest BCUT2D eigenvalue weighted by molar-refractivity contribution is 0.132. The zero-order chi connectivity index (χ0) is 10.6. The Balaban J connectivity index is 2.90. The minimum Gasteiger partial charge on any atom is -0.377 e. The quantitative estimate of drug-likeness (QED) is 0.723. The summed E-state index contributed by atoms with van der Waals surface area (Å²) in [5.74, 6) is 0.339. The van der Waals surface area contributed by atoms with Crippen LogP contribution in [0.2, 0.25) is 5.28 Å². The van der Waals surface area contributed by atoms with Gasteiger partial charge >= 0.3 is 0 Å². The number of ether oxygens (including phenoxy) is 1. The monoisotopic (exact) mass is 214 g/mol. The topological polar surface area (TPSA) is 35.0 Å². The largest absolute Gasteiger partial charge is 0.377 e. The van der Waals surface area contributed by atoms with Crippen molar-refractivity contribution in [2.75, 3.05) is 6.61 Å². The molecule has 1 aromatic heterocycles. The predicted octanol–water partition coefficient (Wildman–Crippen LogP) is 2.79. The van der Waals surface area contributed by atoms with Gasteiger partial charge < -0.3 is 4.74 Å². The molecule has 78 valence electrons. The zero-order valence-electron chi connectivity index (χ0n) is 8.75. The Morgan fingerprint density at radius 2 is 2.21 bits per heavy atom.